The van der Waals surface area contributed by atoms with Gasteiger partial charge < -0.3 is 5.32 Å². The number of pyridine rings is 1. The normalized spacial score (nSPS) is 10.7. The fourth-order valence-electron chi connectivity index (χ4n) is 1.87. The minimum Gasteiger partial charge on any atom is -0.379 e. The molecule has 0 fully saturated rings. The number of fused-ring (bicyclic) bond motifs is 1. The van der Waals surface area contributed by atoms with Crippen LogP contribution in [0.1, 0.15) is 5.56 Å². The lowest BCUT2D eigenvalue weighted by Gasteiger charge is -2.09. The Morgan fingerprint density at radius 3 is 3.00 bits per heavy atom. The van der Waals surface area contributed by atoms with Crippen LogP contribution in [0.15, 0.2) is 47.3 Å². The number of hydrogen-bond donors (Lipinski definition) is 1. The molecule has 0 bridgehead atoms. The van der Waals surface area contributed by atoms with E-state index in [1.807, 2.05) is 24.3 Å². The summed E-state index contributed by atoms with van der Waals surface area (Å²) in [4.78, 5) is 4.40. The molecule has 0 amide bonds. The van der Waals surface area contributed by atoms with E-state index in [9.17, 15) is 0 Å². The summed E-state index contributed by atoms with van der Waals surface area (Å²) in [7, 11) is 0. The van der Waals surface area contributed by atoms with Crippen LogP contribution in [-0.2, 0) is 6.54 Å². The van der Waals surface area contributed by atoms with E-state index in [1.54, 1.807) is 17.5 Å². The van der Waals surface area contributed by atoms with Crippen molar-refractivity contribution in [2.45, 2.75) is 6.54 Å². The number of rotatable bonds is 3. The van der Waals surface area contributed by atoms with E-state index in [-0.39, 0.29) is 0 Å². The van der Waals surface area contributed by atoms with Gasteiger partial charge in [-0.1, -0.05) is 11.6 Å². The predicted molar refractivity (Wildman–Crippen MR) is 78.4 cm³/mol. The first-order chi connectivity index (χ1) is 8.84. The molecule has 0 saturated heterocycles. The van der Waals surface area contributed by atoms with Crippen molar-refractivity contribution in [1.82, 2.24) is 4.98 Å². The number of nitrogens with one attached hydrogen (secondary N) is 1. The molecule has 0 aliphatic heterocycles. The highest BCUT2D eigenvalue weighted by Crippen LogP contribution is 2.28. The van der Waals surface area contributed by atoms with Gasteiger partial charge in [-0.15, -0.1) is 0 Å². The number of hydrogen-bond acceptors (Lipinski definition) is 3. The SMILES string of the molecule is Clc1ccc(NCc2ccsc2)c2ncccc12. The third kappa shape index (κ3) is 2.19. The molecule has 1 aromatic carbocycles. The summed E-state index contributed by atoms with van der Waals surface area (Å²) in [6, 6.07) is 9.88. The van der Waals surface area contributed by atoms with E-state index in [0.717, 1.165) is 28.2 Å². The van der Waals surface area contributed by atoms with Crippen molar-refractivity contribution in [3.63, 3.8) is 0 Å². The van der Waals surface area contributed by atoms with Gasteiger partial charge in [0, 0.05) is 18.1 Å². The van der Waals surface area contributed by atoms with Crippen molar-refractivity contribution in [2.75, 3.05) is 5.32 Å². The average Bonchev–Trinajstić information content (AvgIpc) is 2.92. The van der Waals surface area contributed by atoms with Crippen LogP contribution in [0.4, 0.5) is 5.69 Å². The van der Waals surface area contributed by atoms with Crippen LogP contribution in [-0.4, -0.2) is 4.98 Å². The lowest BCUT2D eigenvalue weighted by atomic mass is 10.2. The number of thiophene rings is 1. The Kier molecular flexibility index (Phi) is 3.17. The minimum atomic E-state index is 0.735. The summed E-state index contributed by atoms with van der Waals surface area (Å²) in [5.41, 5.74) is 3.21. The summed E-state index contributed by atoms with van der Waals surface area (Å²) in [5, 5.41) is 9.34. The van der Waals surface area contributed by atoms with E-state index in [1.165, 1.54) is 5.56 Å². The molecule has 0 radical (unpaired) electrons. The quantitative estimate of drug-likeness (QED) is 0.757. The van der Waals surface area contributed by atoms with Gasteiger partial charge in [-0.2, -0.15) is 11.3 Å². The van der Waals surface area contributed by atoms with Gasteiger partial charge in [0.1, 0.15) is 0 Å². The molecule has 0 saturated carbocycles. The fraction of sp³-hybridized carbons (Fsp3) is 0.0714. The zero-order valence-electron chi connectivity index (χ0n) is 9.56. The maximum absolute atomic E-state index is 6.16. The first-order valence-corrected chi connectivity index (χ1v) is 6.95. The van der Waals surface area contributed by atoms with Crippen molar-refractivity contribution in [3.05, 3.63) is 57.9 Å². The van der Waals surface area contributed by atoms with Crippen LogP contribution in [0, 0.1) is 0 Å². The van der Waals surface area contributed by atoms with Crippen molar-refractivity contribution < 1.29 is 0 Å². The molecule has 2 aromatic heterocycles. The predicted octanol–water partition coefficient (Wildman–Crippen LogP) is 4.56. The molecule has 0 unspecified atom stereocenters. The Hall–Kier alpha value is -1.58. The zero-order chi connectivity index (χ0) is 12.4. The lowest BCUT2D eigenvalue weighted by Crippen LogP contribution is -1.99. The standard InChI is InChI=1S/C14H11ClN2S/c15-12-3-4-13(14-11(12)2-1-6-16-14)17-8-10-5-7-18-9-10/h1-7,9,17H,8H2. The average molecular weight is 275 g/mol. The molecule has 3 rings (SSSR count). The third-order valence-corrected chi connectivity index (χ3v) is 3.84. The molecule has 3 aromatic rings. The topological polar surface area (TPSA) is 24.9 Å². The van der Waals surface area contributed by atoms with Crippen LogP contribution in [0.3, 0.4) is 0 Å². The van der Waals surface area contributed by atoms with Crippen molar-refractivity contribution in [3.8, 4) is 0 Å². The largest absolute Gasteiger partial charge is 0.379 e. The van der Waals surface area contributed by atoms with Gasteiger partial charge in [0.05, 0.1) is 16.2 Å². The van der Waals surface area contributed by atoms with Gasteiger partial charge in [0.25, 0.3) is 0 Å². The maximum atomic E-state index is 6.16. The van der Waals surface area contributed by atoms with Crippen LogP contribution in [0.5, 0.6) is 0 Å². The second-order valence-electron chi connectivity index (χ2n) is 3.98. The zero-order valence-corrected chi connectivity index (χ0v) is 11.1. The molecule has 4 heteroatoms. The number of aromatic nitrogens is 1. The summed E-state index contributed by atoms with van der Waals surface area (Å²) in [6.45, 7) is 0.802. The molecular weight excluding hydrogens is 264 g/mol. The fourth-order valence-corrected chi connectivity index (χ4v) is 2.76. The highest BCUT2D eigenvalue weighted by atomic mass is 35.5. The minimum absolute atomic E-state index is 0.735. The van der Waals surface area contributed by atoms with Gasteiger partial charge >= 0.3 is 0 Å². The summed E-state index contributed by atoms with van der Waals surface area (Å²) in [5.74, 6) is 0. The monoisotopic (exact) mass is 274 g/mol. The van der Waals surface area contributed by atoms with Crippen LogP contribution < -0.4 is 5.32 Å². The van der Waals surface area contributed by atoms with Gasteiger partial charge in [-0.25, -0.2) is 0 Å². The molecule has 0 atom stereocenters. The second kappa shape index (κ2) is 4.96. The van der Waals surface area contributed by atoms with Crippen LogP contribution in [0.2, 0.25) is 5.02 Å². The number of halogens is 1. The van der Waals surface area contributed by atoms with E-state index >= 15 is 0 Å². The first-order valence-electron chi connectivity index (χ1n) is 5.63. The van der Waals surface area contributed by atoms with Crippen molar-refractivity contribution in [2.24, 2.45) is 0 Å². The lowest BCUT2D eigenvalue weighted by molar-refractivity contribution is 1.17. The van der Waals surface area contributed by atoms with Gasteiger partial charge in [-0.3, -0.25) is 4.98 Å². The Bertz CT molecular complexity index is 665. The van der Waals surface area contributed by atoms with Gasteiger partial charge in [0.2, 0.25) is 0 Å². The Morgan fingerprint density at radius 2 is 2.17 bits per heavy atom. The highest BCUT2D eigenvalue weighted by Gasteiger charge is 2.05. The molecule has 90 valence electrons. The van der Waals surface area contributed by atoms with E-state index in [2.05, 4.69) is 27.1 Å². The van der Waals surface area contributed by atoms with E-state index in [4.69, 9.17) is 11.6 Å². The highest BCUT2D eigenvalue weighted by molar-refractivity contribution is 7.07. The molecule has 0 aliphatic rings. The van der Waals surface area contributed by atoms with E-state index in [0.29, 0.717) is 0 Å². The maximum Gasteiger partial charge on any atom is 0.0948 e. The number of benzene rings is 1. The number of nitrogens with zero attached hydrogens (tertiary/aromatic N) is 1. The Labute approximate surface area is 114 Å². The molecule has 0 spiro atoms. The summed E-state index contributed by atoms with van der Waals surface area (Å²) in [6.07, 6.45) is 1.79. The Morgan fingerprint density at radius 1 is 1.22 bits per heavy atom. The second-order valence-corrected chi connectivity index (χ2v) is 5.17. The molecule has 2 nitrogen and oxygen atoms in total. The van der Waals surface area contributed by atoms with Crippen molar-refractivity contribution >= 4 is 39.5 Å². The van der Waals surface area contributed by atoms with Gasteiger partial charge in [0.15, 0.2) is 0 Å². The molecule has 0 aliphatic carbocycles. The molecule has 18 heavy (non-hydrogen) atoms. The summed E-state index contributed by atoms with van der Waals surface area (Å²) < 4.78 is 0. The molecular formula is C14H11ClN2S. The van der Waals surface area contributed by atoms with Crippen LogP contribution >= 0.6 is 22.9 Å². The molecule has 1 N–H and O–H groups in total. The molecule has 2 heterocycles. The third-order valence-electron chi connectivity index (χ3n) is 2.78. The number of anilines is 1. The smallest absolute Gasteiger partial charge is 0.0948 e. The first kappa shape index (κ1) is 11.5. The summed E-state index contributed by atoms with van der Waals surface area (Å²) >= 11 is 7.87. The van der Waals surface area contributed by atoms with E-state index < -0.39 is 0 Å². The van der Waals surface area contributed by atoms with Crippen LogP contribution in [0.25, 0.3) is 10.9 Å². The Balaban J connectivity index is 1.94. The van der Waals surface area contributed by atoms with Gasteiger partial charge in [-0.05, 0) is 46.7 Å². The van der Waals surface area contributed by atoms with Crippen molar-refractivity contribution in [1.29, 1.82) is 0 Å².